The summed E-state index contributed by atoms with van der Waals surface area (Å²) in [5.41, 5.74) is -0.219. The molecule has 21 heavy (non-hydrogen) atoms. The van der Waals surface area contributed by atoms with Crippen molar-refractivity contribution in [2.24, 2.45) is 0 Å². The Balaban J connectivity index is 2.08. The van der Waals surface area contributed by atoms with E-state index in [1.54, 1.807) is 25.1 Å². The van der Waals surface area contributed by atoms with Gasteiger partial charge in [-0.1, -0.05) is 30.3 Å². The van der Waals surface area contributed by atoms with Crippen molar-refractivity contribution < 1.29 is 19.3 Å². The molecule has 2 aromatic rings. The minimum absolute atomic E-state index is 0.00444. The van der Waals surface area contributed by atoms with Crippen LogP contribution in [0.2, 0.25) is 0 Å². The number of halogens is 1. The Morgan fingerprint density at radius 1 is 1.19 bits per heavy atom. The Kier molecular flexibility index (Phi) is 4.60. The van der Waals surface area contributed by atoms with Crippen LogP contribution in [-0.2, 0) is 5.60 Å². The summed E-state index contributed by atoms with van der Waals surface area (Å²) in [4.78, 5) is 0. The molecule has 2 atom stereocenters. The Labute approximate surface area is 123 Å². The average molecular weight is 290 g/mol. The zero-order valence-electron chi connectivity index (χ0n) is 12.1. The minimum atomic E-state index is -1.17. The molecular formula is C17H19FO3. The average Bonchev–Trinajstić information content (AvgIpc) is 2.46. The van der Waals surface area contributed by atoms with E-state index in [9.17, 15) is 14.6 Å². The molecule has 0 aliphatic carbocycles. The van der Waals surface area contributed by atoms with Gasteiger partial charge in [0.25, 0.3) is 0 Å². The zero-order chi connectivity index (χ0) is 15.5. The highest BCUT2D eigenvalue weighted by Crippen LogP contribution is 2.25. The maximum atomic E-state index is 13.7. The highest BCUT2D eigenvalue weighted by Gasteiger charge is 2.24. The van der Waals surface area contributed by atoms with E-state index < -0.39 is 17.5 Å². The lowest BCUT2D eigenvalue weighted by molar-refractivity contribution is 0.00746. The third kappa shape index (κ3) is 3.80. The van der Waals surface area contributed by atoms with Gasteiger partial charge in [0.15, 0.2) is 0 Å². The van der Waals surface area contributed by atoms with Gasteiger partial charge < -0.3 is 14.9 Å². The molecule has 1 unspecified atom stereocenters. The van der Waals surface area contributed by atoms with Crippen LogP contribution < -0.4 is 4.74 Å². The van der Waals surface area contributed by atoms with Crippen molar-refractivity contribution in [1.29, 1.82) is 0 Å². The zero-order valence-corrected chi connectivity index (χ0v) is 12.1. The molecule has 4 heteroatoms. The molecule has 0 heterocycles. The summed E-state index contributed by atoms with van der Waals surface area (Å²) in [5.74, 6) is -0.213. The van der Waals surface area contributed by atoms with Crippen LogP contribution in [0.25, 0.3) is 0 Å². The van der Waals surface area contributed by atoms with Gasteiger partial charge in [-0.2, -0.15) is 0 Å². The summed E-state index contributed by atoms with van der Waals surface area (Å²) in [7, 11) is 0. The number of hydrogen-bond acceptors (Lipinski definition) is 3. The van der Waals surface area contributed by atoms with Crippen molar-refractivity contribution in [2.45, 2.75) is 25.6 Å². The number of hydrogen-bond donors (Lipinski definition) is 2. The van der Waals surface area contributed by atoms with Crippen LogP contribution in [0, 0.1) is 5.82 Å². The number of ether oxygens (including phenoxy) is 1. The van der Waals surface area contributed by atoms with Gasteiger partial charge in [-0.05, 0) is 31.5 Å². The lowest BCUT2D eigenvalue weighted by Crippen LogP contribution is -2.29. The van der Waals surface area contributed by atoms with Gasteiger partial charge in [-0.3, -0.25) is 0 Å². The monoisotopic (exact) mass is 290 g/mol. The van der Waals surface area contributed by atoms with E-state index in [0.29, 0.717) is 5.75 Å². The van der Waals surface area contributed by atoms with E-state index >= 15 is 0 Å². The lowest BCUT2D eigenvalue weighted by Gasteiger charge is -2.24. The van der Waals surface area contributed by atoms with Crippen LogP contribution in [0.1, 0.15) is 31.1 Å². The van der Waals surface area contributed by atoms with Crippen molar-refractivity contribution in [3.05, 3.63) is 65.5 Å². The molecule has 0 fully saturated rings. The van der Waals surface area contributed by atoms with Crippen LogP contribution in [0.15, 0.2) is 48.5 Å². The molecule has 0 aliphatic heterocycles. The number of aliphatic hydroxyl groups is 2. The maximum Gasteiger partial charge on any atom is 0.132 e. The SMILES string of the molecule is C[C@@H](O)c1ccc(OCC(C)(O)c2ccccc2)cc1F. The first-order valence-electron chi connectivity index (χ1n) is 6.78. The molecule has 0 aliphatic rings. The summed E-state index contributed by atoms with van der Waals surface area (Å²) >= 11 is 0. The molecular weight excluding hydrogens is 271 g/mol. The largest absolute Gasteiger partial charge is 0.490 e. The molecule has 0 amide bonds. The number of benzene rings is 2. The summed E-state index contributed by atoms with van der Waals surface area (Å²) in [6.45, 7) is 3.15. The second-order valence-electron chi connectivity index (χ2n) is 5.29. The Hall–Kier alpha value is -1.91. The first kappa shape index (κ1) is 15.5. The van der Waals surface area contributed by atoms with Crippen LogP contribution in [-0.4, -0.2) is 16.8 Å². The number of rotatable bonds is 5. The Morgan fingerprint density at radius 2 is 1.86 bits per heavy atom. The molecule has 2 N–H and O–H groups in total. The first-order chi connectivity index (χ1) is 9.90. The standard InChI is InChI=1S/C17H19FO3/c1-12(19)15-9-8-14(10-16(15)18)21-11-17(2,20)13-6-4-3-5-7-13/h3-10,12,19-20H,11H2,1-2H3/t12-,17?/m1/s1. The molecule has 0 saturated carbocycles. The van der Waals surface area contributed by atoms with Gasteiger partial charge in [0.1, 0.15) is 23.8 Å². The van der Waals surface area contributed by atoms with E-state index in [1.165, 1.54) is 19.1 Å². The van der Waals surface area contributed by atoms with E-state index in [0.717, 1.165) is 5.56 Å². The molecule has 2 rings (SSSR count). The van der Waals surface area contributed by atoms with Gasteiger partial charge in [0.2, 0.25) is 0 Å². The fraction of sp³-hybridized carbons (Fsp3) is 0.294. The van der Waals surface area contributed by atoms with Gasteiger partial charge in [0.05, 0.1) is 6.10 Å². The van der Waals surface area contributed by atoms with Crippen molar-refractivity contribution in [3.8, 4) is 5.75 Å². The highest BCUT2D eigenvalue weighted by atomic mass is 19.1. The quantitative estimate of drug-likeness (QED) is 0.889. The highest BCUT2D eigenvalue weighted by molar-refractivity contribution is 5.30. The topological polar surface area (TPSA) is 49.7 Å². The minimum Gasteiger partial charge on any atom is -0.490 e. The summed E-state index contributed by atoms with van der Waals surface area (Å²) in [6, 6.07) is 13.4. The van der Waals surface area contributed by atoms with Crippen molar-refractivity contribution in [3.63, 3.8) is 0 Å². The predicted molar refractivity (Wildman–Crippen MR) is 78.5 cm³/mol. The first-order valence-corrected chi connectivity index (χ1v) is 6.78. The normalized spacial score (nSPS) is 15.3. The third-order valence-electron chi connectivity index (χ3n) is 3.34. The fourth-order valence-electron chi connectivity index (χ4n) is 2.04. The van der Waals surface area contributed by atoms with Crippen molar-refractivity contribution in [1.82, 2.24) is 0 Å². The third-order valence-corrected chi connectivity index (χ3v) is 3.34. The van der Waals surface area contributed by atoms with Gasteiger partial charge in [-0.15, -0.1) is 0 Å². The maximum absolute atomic E-state index is 13.7. The van der Waals surface area contributed by atoms with Crippen LogP contribution in [0.5, 0.6) is 5.75 Å². The van der Waals surface area contributed by atoms with Gasteiger partial charge in [-0.25, -0.2) is 4.39 Å². The van der Waals surface area contributed by atoms with Crippen LogP contribution in [0.3, 0.4) is 0 Å². The number of aliphatic hydroxyl groups excluding tert-OH is 1. The van der Waals surface area contributed by atoms with Crippen molar-refractivity contribution >= 4 is 0 Å². The summed E-state index contributed by atoms with van der Waals surface area (Å²) < 4.78 is 19.2. The Morgan fingerprint density at radius 3 is 2.43 bits per heavy atom. The van der Waals surface area contributed by atoms with E-state index in [2.05, 4.69) is 0 Å². The second kappa shape index (κ2) is 6.24. The molecule has 112 valence electrons. The van der Waals surface area contributed by atoms with E-state index in [1.807, 2.05) is 18.2 Å². The van der Waals surface area contributed by atoms with Crippen molar-refractivity contribution in [2.75, 3.05) is 6.61 Å². The molecule has 0 bridgehead atoms. The summed E-state index contributed by atoms with van der Waals surface area (Å²) in [6.07, 6.45) is -0.869. The molecule has 0 aromatic heterocycles. The smallest absolute Gasteiger partial charge is 0.132 e. The Bertz CT molecular complexity index is 594. The molecule has 0 saturated heterocycles. The van der Waals surface area contributed by atoms with Crippen LogP contribution in [0.4, 0.5) is 4.39 Å². The predicted octanol–water partition coefficient (Wildman–Crippen LogP) is 3.17. The molecule has 3 nitrogen and oxygen atoms in total. The van der Waals surface area contributed by atoms with E-state index in [-0.39, 0.29) is 12.2 Å². The lowest BCUT2D eigenvalue weighted by atomic mass is 9.97. The van der Waals surface area contributed by atoms with Gasteiger partial charge >= 0.3 is 0 Å². The molecule has 2 aromatic carbocycles. The van der Waals surface area contributed by atoms with E-state index in [4.69, 9.17) is 4.74 Å². The fourth-order valence-corrected chi connectivity index (χ4v) is 2.04. The van der Waals surface area contributed by atoms with Gasteiger partial charge in [0, 0.05) is 11.6 Å². The van der Waals surface area contributed by atoms with Crippen LogP contribution >= 0.6 is 0 Å². The molecule has 0 spiro atoms. The second-order valence-corrected chi connectivity index (χ2v) is 5.29. The molecule has 0 radical (unpaired) electrons. The summed E-state index contributed by atoms with van der Waals surface area (Å²) in [5, 5.41) is 19.8.